The van der Waals surface area contributed by atoms with Crippen LogP contribution >= 0.6 is 0 Å². The molecule has 2 aromatic heterocycles. The van der Waals surface area contributed by atoms with Crippen molar-refractivity contribution < 1.29 is 62.9 Å². The number of phenols is 2. The summed E-state index contributed by atoms with van der Waals surface area (Å²) >= 11 is 0. The van der Waals surface area contributed by atoms with Gasteiger partial charge in [0, 0.05) is 98.6 Å². The van der Waals surface area contributed by atoms with Crippen LogP contribution in [-0.2, 0) is 19.9 Å². The summed E-state index contributed by atoms with van der Waals surface area (Å²) in [6.07, 6.45) is 13.8. The minimum Gasteiger partial charge on any atom is -0.508 e. The van der Waals surface area contributed by atoms with Crippen LogP contribution in [0.3, 0.4) is 0 Å². The standard InChI is InChI=1S/C69H67F6N9O8S2/c1-6-44-54(71)15-10-38-28-40(85)29-50(57(38)44)46-11-13-48-61(59(46)74)77-67(79-64(48)81-24-16-42(17-25-81)93(5,87)88)92-37-69-21-9-23-84(69)63(56(73)34-69)53-32-55(72)45(7-2)58-51(30-41(86)31-52(53)58)47-12-14-49-62(60(47)75)76-66(91-36-68-20-8-22-83(68)35-39(70)33-68)78-65(49)82-26-18-43(19-27-82)94(89,90)80(3)4/h1-2,10-15,28-32,39,42-43,56,63,85-86H,8-9,16-27,33-37H2,3-5H3. The number of sulfone groups is 1. The van der Waals surface area contributed by atoms with Crippen molar-refractivity contribution in [3.8, 4) is 70.5 Å². The number of terminal acetylenes is 2. The van der Waals surface area contributed by atoms with Gasteiger partial charge in [-0.25, -0.2) is 47.5 Å². The molecule has 17 nitrogen and oxygen atoms in total. The highest BCUT2D eigenvalue weighted by atomic mass is 32.2. The third kappa shape index (κ3) is 10.6. The van der Waals surface area contributed by atoms with Crippen molar-refractivity contribution in [2.45, 2.75) is 104 Å². The van der Waals surface area contributed by atoms with Crippen molar-refractivity contribution in [1.82, 2.24) is 34.0 Å². The molecule has 0 aliphatic carbocycles. The van der Waals surface area contributed by atoms with Gasteiger partial charge in [0.15, 0.2) is 11.6 Å². The van der Waals surface area contributed by atoms with Gasteiger partial charge in [-0.2, -0.15) is 19.9 Å². The number of sulfonamides is 1. The molecule has 2 N–H and O–H groups in total. The summed E-state index contributed by atoms with van der Waals surface area (Å²) in [5.74, 6) is 1.20. The molecule has 0 saturated carbocycles. The maximum atomic E-state index is 18.1. The second-order valence-corrected chi connectivity index (χ2v) is 31.0. The summed E-state index contributed by atoms with van der Waals surface area (Å²) in [6, 6.07) is 13.3. The lowest BCUT2D eigenvalue weighted by atomic mass is 9.87. The summed E-state index contributed by atoms with van der Waals surface area (Å²) < 4.78 is 167. The maximum absolute atomic E-state index is 18.1. The smallest absolute Gasteiger partial charge is 0.319 e. The molecule has 6 aliphatic heterocycles. The predicted molar refractivity (Wildman–Crippen MR) is 347 cm³/mol. The number of phenolic OH excluding ortho intramolecular Hbond substituents is 2. The highest BCUT2D eigenvalue weighted by molar-refractivity contribution is 7.91. The minimum absolute atomic E-state index is 0.00415. The van der Waals surface area contributed by atoms with Gasteiger partial charge in [-0.05, 0) is 140 Å². The zero-order valence-electron chi connectivity index (χ0n) is 51.8. The molecule has 94 heavy (non-hydrogen) atoms. The molecule has 6 fully saturated rings. The fourth-order valence-corrected chi connectivity index (χ4v) is 18.5. The Kier molecular flexibility index (Phi) is 15.9. The van der Waals surface area contributed by atoms with Crippen LogP contribution in [0.25, 0.3) is 65.6 Å². The number of anilines is 2. The molecule has 8 aromatic rings. The topological polar surface area (TPSA) is 195 Å². The molecule has 25 heteroatoms. The number of nitrogens with zero attached hydrogens (tertiary/aromatic N) is 9. The number of hydrogen-bond donors (Lipinski definition) is 2. The number of rotatable bonds is 14. The number of ether oxygens (including phenoxy) is 2. The second kappa shape index (κ2) is 23.6. The van der Waals surface area contributed by atoms with Gasteiger partial charge >= 0.3 is 12.0 Å². The van der Waals surface area contributed by atoms with Crippen molar-refractivity contribution in [1.29, 1.82) is 0 Å². The molecule has 8 heterocycles. The highest BCUT2D eigenvalue weighted by Crippen LogP contribution is 2.54. The number of aromatic hydroxyl groups is 2. The summed E-state index contributed by atoms with van der Waals surface area (Å²) in [7, 11) is -4.05. The molecule has 0 amide bonds. The fourth-order valence-electron chi connectivity index (χ4n) is 16.1. The van der Waals surface area contributed by atoms with E-state index < -0.39 is 83.1 Å². The maximum Gasteiger partial charge on any atom is 0.319 e. The molecular weight excluding hydrogens is 1260 g/mol. The number of fused-ring (bicyclic) bond motifs is 6. The minimum atomic E-state index is -3.61. The number of hydrogen-bond acceptors (Lipinski definition) is 16. The second-order valence-electron chi connectivity index (χ2n) is 26.2. The van der Waals surface area contributed by atoms with E-state index in [1.807, 2.05) is 14.7 Å². The van der Waals surface area contributed by atoms with Crippen molar-refractivity contribution in [2.24, 2.45) is 0 Å². The summed E-state index contributed by atoms with van der Waals surface area (Å²) in [4.78, 5) is 26.5. The van der Waals surface area contributed by atoms with Crippen molar-refractivity contribution in [3.05, 3.63) is 107 Å². The summed E-state index contributed by atoms with van der Waals surface area (Å²) in [6.45, 7) is 1.89. The molecule has 6 aromatic carbocycles. The Labute approximate surface area is 539 Å². The van der Waals surface area contributed by atoms with E-state index in [0.717, 1.165) is 18.6 Å². The van der Waals surface area contributed by atoms with Gasteiger partial charge in [-0.15, -0.1) is 12.8 Å². The van der Waals surface area contributed by atoms with Gasteiger partial charge in [-0.1, -0.05) is 30.0 Å². The number of piperidine rings is 2. The average Bonchev–Trinajstić information content (AvgIpc) is 1.38. The Morgan fingerprint density at radius 1 is 0.628 bits per heavy atom. The average molecular weight is 1330 g/mol. The van der Waals surface area contributed by atoms with Gasteiger partial charge < -0.3 is 29.5 Å². The number of benzene rings is 6. The van der Waals surface area contributed by atoms with E-state index in [2.05, 4.69) is 26.7 Å². The van der Waals surface area contributed by atoms with Crippen LogP contribution in [0.1, 0.15) is 86.9 Å². The Hall–Kier alpha value is -8.20. The molecule has 0 bridgehead atoms. The summed E-state index contributed by atoms with van der Waals surface area (Å²) in [5.41, 5.74) is -2.71. The molecule has 0 radical (unpaired) electrons. The van der Waals surface area contributed by atoms with Crippen LogP contribution in [0.15, 0.2) is 66.7 Å². The van der Waals surface area contributed by atoms with Crippen molar-refractivity contribution in [3.63, 3.8) is 0 Å². The fraction of sp³-hybridized carbons (Fsp3) is 0.420. The van der Waals surface area contributed by atoms with Crippen LogP contribution in [0.2, 0.25) is 0 Å². The lowest BCUT2D eigenvalue weighted by Gasteiger charge is -2.35. The molecule has 490 valence electrons. The van der Waals surface area contributed by atoms with E-state index >= 15 is 22.0 Å². The third-order valence-corrected chi connectivity index (χ3v) is 24.6. The van der Waals surface area contributed by atoms with E-state index in [-0.39, 0.29) is 203 Å². The SMILES string of the molecule is C#Cc1c(F)ccc2cc(O)cc(-c3ccc4c(N5CCC(S(C)(=O)=O)CC5)nc(OCC56CCCN5C(c5cc(F)c(C#C)c7c(-c8ccc9c(N%10CCC(S(=O)(=O)N(C)C)CC%10)nc(OCC%10%11CCCN%10CC(F)C%11)nc9c8F)cc(O)cc57)C(F)C6)nc4c3F)c12. The Morgan fingerprint density at radius 3 is 1.76 bits per heavy atom. The van der Waals surface area contributed by atoms with E-state index in [0.29, 0.717) is 31.2 Å². The molecule has 6 saturated heterocycles. The molecule has 5 unspecified atom stereocenters. The van der Waals surface area contributed by atoms with Crippen LogP contribution in [0.5, 0.6) is 23.5 Å². The lowest BCUT2D eigenvalue weighted by Crippen LogP contribution is -2.44. The van der Waals surface area contributed by atoms with Gasteiger partial charge in [0.1, 0.15) is 81.2 Å². The number of aromatic nitrogens is 4. The van der Waals surface area contributed by atoms with E-state index in [1.165, 1.54) is 67.1 Å². The Balaban J connectivity index is 0.832. The lowest BCUT2D eigenvalue weighted by molar-refractivity contribution is 0.0831. The van der Waals surface area contributed by atoms with E-state index in [4.69, 9.17) is 32.3 Å². The first kappa shape index (κ1) is 63.2. The molecule has 14 rings (SSSR count). The van der Waals surface area contributed by atoms with Crippen LogP contribution in [0, 0.1) is 48.0 Å². The molecule has 6 aliphatic rings. The van der Waals surface area contributed by atoms with Gasteiger partial charge in [0.05, 0.1) is 38.7 Å². The number of alkyl halides is 2. The quantitative estimate of drug-likeness (QED) is 0.0770. The van der Waals surface area contributed by atoms with E-state index in [1.54, 1.807) is 12.1 Å². The van der Waals surface area contributed by atoms with Crippen LogP contribution in [-0.4, -0.2) is 174 Å². The zero-order chi connectivity index (χ0) is 66.1. The first-order valence-electron chi connectivity index (χ1n) is 31.5. The van der Waals surface area contributed by atoms with Crippen LogP contribution in [0.4, 0.5) is 38.0 Å². The van der Waals surface area contributed by atoms with Crippen molar-refractivity contribution in [2.75, 3.05) is 89.2 Å². The Morgan fingerprint density at radius 2 is 1.17 bits per heavy atom. The van der Waals surface area contributed by atoms with Gasteiger partial charge in [-0.3, -0.25) is 9.80 Å². The van der Waals surface area contributed by atoms with Gasteiger partial charge in [0.2, 0.25) is 10.0 Å². The molecule has 0 spiro atoms. The predicted octanol–water partition coefficient (Wildman–Crippen LogP) is 10.7. The zero-order valence-corrected chi connectivity index (χ0v) is 53.4. The van der Waals surface area contributed by atoms with Crippen molar-refractivity contribution >= 4 is 74.8 Å². The largest absolute Gasteiger partial charge is 0.508 e. The first-order chi connectivity index (χ1) is 44.9. The summed E-state index contributed by atoms with van der Waals surface area (Å²) in [5, 5.41) is 22.4. The third-order valence-electron chi connectivity index (χ3n) is 20.6. The van der Waals surface area contributed by atoms with E-state index in [9.17, 15) is 31.4 Å². The number of halogens is 6. The first-order valence-corrected chi connectivity index (χ1v) is 34.9. The molecular formula is C69H67F6N9O8S2. The molecule has 5 atom stereocenters. The Bertz CT molecular complexity index is 4790. The normalized spacial score (nSPS) is 23.3. The van der Waals surface area contributed by atoms with Crippen LogP contribution < -0.4 is 19.3 Å². The highest BCUT2D eigenvalue weighted by Gasteiger charge is 2.56. The monoisotopic (exact) mass is 1330 g/mol. The van der Waals surface area contributed by atoms with Gasteiger partial charge in [0.25, 0.3) is 0 Å².